The van der Waals surface area contributed by atoms with Crippen LogP contribution in [0.3, 0.4) is 0 Å². The van der Waals surface area contributed by atoms with Crippen molar-refractivity contribution >= 4 is 17.6 Å². The lowest BCUT2D eigenvalue weighted by Gasteiger charge is -2.32. The Morgan fingerprint density at radius 2 is 1.85 bits per heavy atom. The third kappa shape index (κ3) is 4.75. The number of ether oxygens (including phenoxy) is 1. The average molecular weight is 371 g/mol. The van der Waals surface area contributed by atoms with Crippen molar-refractivity contribution < 1.29 is 18.7 Å². The molecule has 0 bridgehead atoms. The standard InChI is InChI=1S/C20H22FN3O3/c1-22-19(25)14-5-4-6-15(13-14)23-20(26)24-11-9-16(10-12-24)27-18-8-3-2-7-17(18)21/h2-8,13,16H,9-12H2,1H3,(H,22,25)(H,23,26). The zero-order valence-electron chi connectivity index (χ0n) is 15.1. The number of piperidine rings is 1. The SMILES string of the molecule is CNC(=O)c1cccc(NC(=O)N2CCC(Oc3ccccc3F)CC2)c1. The molecule has 0 aliphatic carbocycles. The summed E-state index contributed by atoms with van der Waals surface area (Å²) in [5, 5.41) is 5.36. The Labute approximate surface area is 157 Å². The lowest BCUT2D eigenvalue weighted by molar-refractivity contribution is 0.0962. The number of carbonyl (C=O) groups excluding carboxylic acids is 2. The molecule has 7 heteroatoms. The van der Waals surface area contributed by atoms with Crippen molar-refractivity contribution in [2.24, 2.45) is 0 Å². The molecule has 0 aromatic heterocycles. The Bertz CT molecular complexity index is 820. The number of hydrogen-bond donors (Lipinski definition) is 2. The van der Waals surface area contributed by atoms with E-state index in [2.05, 4.69) is 10.6 Å². The van der Waals surface area contributed by atoms with Crippen LogP contribution in [-0.2, 0) is 0 Å². The molecule has 0 atom stereocenters. The molecule has 0 unspecified atom stereocenters. The van der Waals surface area contributed by atoms with Gasteiger partial charge in [0, 0.05) is 44.2 Å². The molecule has 2 aromatic carbocycles. The summed E-state index contributed by atoms with van der Waals surface area (Å²) in [5.74, 6) is -0.350. The molecule has 3 amide bonds. The largest absolute Gasteiger partial charge is 0.487 e. The van der Waals surface area contributed by atoms with Crippen LogP contribution in [0.2, 0.25) is 0 Å². The first-order valence-corrected chi connectivity index (χ1v) is 8.86. The van der Waals surface area contributed by atoms with Crippen LogP contribution in [0.25, 0.3) is 0 Å². The third-order valence-corrected chi connectivity index (χ3v) is 4.46. The molecule has 0 spiro atoms. The Morgan fingerprint density at radius 1 is 1.11 bits per heavy atom. The number of amides is 3. The van der Waals surface area contributed by atoms with Crippen molar-refractivity contribution in [2.45, 2.75) is 18.9 Å². The molecule has 6 nitrogen and oxygen atoms in total. The third-order valence-electron chi connectivity index (χ3n) is 4.46. The summed E-state index contributed by atoms with van der Waals surface area (Å²) >= 11 is 0. The van der Waals surface area contributed by atoms with Crippen molar-refractivity contribution in [3.8, 4) is 5.75 Å². The second kappa shape index (κ2) is 8.53. The zero-order chi connectivity index (χ0) is 19.2. The number of anilines is 1. The summed E-state index contributed by atoms with van der Waals surface area (Å²) in [7, 11) is 1.56. The van der Waals surface area contributed by atoms with Gasteiger partial charge in [-0.15, -0.1) is 0 Å². The maximum Gasteiger partial charge on any atom is 0.321 e. The molecule has 27 heavy (non-hydrogen) atoms. The monoisotopic (exact) mass is 371 g/mol. The van der Waals surface area contributed by atoms with Crippen LogP contribution in [0.1, 0.15) is 23.2 Å². The highest BCUT2D eigenvalue weighted by Gasteiger charge is 2.24. The molecule has 1 fully saturated rings. The molecule has 142 valence electrons. The van der Waals surface area contributed by atoms with Gasteiger partial charge in [-0.2, -0.15) is 0 Å². The predicted molar refractivity (Wildman–Crippen MR) is 100 cm³/mol. The molecular formula is C20H22FN3O3. The van der Waals surface area contributed by atoms with E-state index in [1.165, 1.54) is 6.07 Å². The van der Waals surface area contributed by atoms with Gasteiger partial charge in [0.05, 0.1) is 0 Å². The van der Waals surface area contributed by atoms with Crippen LogP contribution in [0.15, 0.2) is 48.5 Å². The first kappa shape index (κ1) is 18.7. The first-order valence-electron chi connectivity index (χ1n) is 8.86. The van der Waals surface area contributed by atoms with Gasteiger partial charge in [-0.25, -0.2) is 9.18 Å². The van der Waals surface area contributed by atoms with E-state index in [0.717, 1.165) is 0 Å². The minimum atomic E-state index is -0.381. The van der Waals surface area contributed by atoms with E-state index in [4.69, 9.17) is 4.74 Å². The van der Waals surface area contributed by atoms with Crippen LogP contribution in [0.5, 0.6) is 5.75 Å². The zero-order valence-corrected chi connectivity index (χ0v) is 15.1. The van der Waals surface area contributed by atoms with E-state index in [1.54, 1.807) is 54.4 Å². The number of likely N-dealkylation sites (tertiary alicyclic amines) is 1. The van der Waals surface area contributed by atoms with Crippen molar-refractivity contribution in [3.05, 3.63) is 59.9 Å². The van der Waals surface area contributed by atoms with Crippen LogP contribution < -0.4 is 15.4 Å². The predicted octanol–water partition coefficient (Wildman–Crippen LogP) is 3.26. The van der Waals surface area contributed by atoms with E-state index in [9.17, 15) is 14.0 Å². The number of carbonyl (C=O) groups is 2. The van der Waals surface area contributed by atoms with Gasteiger partial charge in [0.1, 0.15) is 6.10 Å². The molecule has 1 heterocycles. The van der Waals surface area contributed by atoms with Crippen LogP contribution >= 0.6 is 0 Å². The molecule has 1 saturated heterocycles. The quantitative estimate of drug-likeness (QED) is 0.867. The summed E-state index contributed by atoms with van der Waals surface area (Å²) in [6, 6.07) is 12.9. The summed E-state index contributed by atoms with van der Waals surface area (Å²) in [6.07, 6.45) is 1.13. The minimum absolute atomic E-state index is 0.123. The van der Waals surface area contributed by atoms with E-state index >= 15 is 0 Å². The normalized spacial score (nSPS) is 14.5. The molecule has 1 aliphatic rings. The smallest absolute Gasteiger partial charge is 0.321 e. The minimum Gasteiger partial charge on any atom is -0.487 e. The van der Waals surface area contributed by atoms with Gasteiger partial charge < -0.3 is 20.3 Å². The van der Waals surface area contributed by atoms with Crippen molar-refractivity contribution in [1.82, 2.24) is 10.2 Å². The first-order chi connectivity index (χ1) is 13.1. The number of benzene rings is 2. The Morgan fingerprint density at radius 3 is 2.56 bits per heavy atom. The van der Waals surface area contributed by atoms with Crippen LogP contribution in [0.4, 0.5) is 14.9 Å². The molecule has 3 rings (SSSR count). The Kier molecular flexibility index (Phi) is 5.90. The van der Waals surface area contributed by atoms with Gasteiger partial charge in [0.15, 0.2) is 11.6 Å². The molecular weight excluding hydrogens is 349 g/mol. The number of nitrogens with zero attached hydrogens (tertiary/aromatic N) is 1. The number of nitrogens with one attached hydrogen (secondary N) is 2. The van der Waals surface area contributed by atoms with Crippen molar-refractivity contribution in [2.75, 3.05) is 25.5 Å². The molecule has 0 saturated carbocycles. The number of urea groups is 1. The molecule has 2 aromatic rings. The van der Waals surface area contributed by atoms with Gasteiger partial charge in [-0.05, 0) is 30.3 Å². The Hall–Kier alpha value is -3.09. The maximum atomic E-state index is 13.7. The van der Waals surface area contributed by atoms with Crippen molar-refractivity contribution in [3.63, 3.8) is 0 Å². The second-order valence-corrected chi connectivity index (χ2v) is 6.32. The van der Waals surface area contributed by atoms with E-state index in [0.29, 0.717) is 37.2 Å². The number of para-hydroxylation sites is 1. The molecule has 1 aliphatic heterocycles. The highest BCUT2D eigenvalue weighted by molar-refractivity contribution is 5.96. The molecule has 0 radical (unpaired) electrons. The highest BCUT2D eigenvalue weighted by atomic mass is 19.1. The highest BCUT2D eigenvalue weighted by Crippen LogP contribution is 2.22. The number of hydrogen-bond acceptors (Lipinski definition) is 3. The maximum absolute atomic E-state index is 13.7. The van der Waals surface area contributed by atoms with Crippen LogP contribution in [-0.4, -0.2) is 43.1 Å². The lowest BCUT2D eigenvalue weighted by Crippen LogP contribution is -2.43. The second-order valence-electron chi connectivity index (χ2n) is 6.32. The average Bonchev–Trinajstić information content (AvgIpc) is 2.70. The number of halogens is 1. The fourth-order valence-corrected chi connectivity index (χ4v) is 2.98. The summed E-state index contributed by atoms with van der Waals surface area (Å²) < 4.78 is 19.4. The number of rotatable bonds is 4. The van der Waals surface area contributed by atoms with Gasteiger partial charge in [-0.3, -0.25) is 4.79 Å². The van der Waals surface area contributed by atoms with Gasteiger partial charge in [0.25, 0.3) is 5.91 Å². The Balaban J connectivity index is 1.53. The molecule has 2 N–H and O–H groups in total. The van der Waals surface area contributed by atoms with Gasteiger partial charge in [-0.1, -0.05) is 18.2 Å². The lowest BCUT2D eigenvalue weighted by atomic mass is 10.1. The fourth-order valence-electron chi connectivity index (χ4n) is 2.98. The summed E-state index contributed by atoms with van der Waals surface area (Å²) in [5.41, 5.74) is 1.04. The van der Waals surface area contributed by atoms with E-state index in [-0.39, 0.29) is 29.6 Å². The van der Waals surface area contributed by atoms with Crippen molar-refractivity contribution in [1.29, 1.82) is 0 Å². The van der Waals surface area contributed by atoms with Gasteiger partial charge in [0.2, 0.25) is 0 Å². The van der Waals surface area contributed by atoms with E-state index < -0.39 is 0 Å². The van der Waals surface area contributed by atoms with E-state index in [1.807, 2.05) is 0 Å². The van der Waals surface area contributed by atoms with Gasteiger partial charge >= 0.3 is 6.03 Å². The fraction of sp³-hybridized carbons (Fsp3) is 0.300. The van der Waals surface area contributed by atoms with Crippen LogP contribution in [0, 0.1) is 5.82 Å². The summed E-state index contributed by atoms with van der Waals surface area (Å²) in [4.78, 5) is 25.8. The summed E-state index contributed by atoms with van der Waals surface area (Å²) in [6.45, 7) is 1.03. The topological polar surface area (TPSA) is 70.7 Å².